The SMILES string of the molecule is CCN(CC)c1ccc(NC(=O)c2csc3nnsc23)cc1. The van der Waals surface area contributed by atoms with Gasteiger partial charge in [-0.3, -0.25) is 4.79 Å². The number of nitrogens with zero attached hydrogens (tertiary/aromatic N) is 3. The first-order chi connectivity index (χ1) is 10.7. The third kappa shape index (κ3) is 2.82. The quantitative estimate of drug-likeness (QED) is 0.771. The van der Waals surface area contributed by atoms with Crippen molar-refractivity contribution in [3.8, 4) is 0 Å². The second kappa shape index (κ2) is 6.41. The highest BCUT2D eigenvalue weighted by Gasteiger charge is 2.15. The Morgan fingerprint density at radius 2 is 1.95 bits per heavy atom. The minimum atomic E-state index is -0.118. The summed E-state index contributed by atoms with van der Waals surface area (Å²) in [6.07, 6.45) is 0. The molecule has 2 aromatic heterocycles. The maximum atomic E-state index is 12.4. The number of benzene rings is 1. The highest BCUT2D eigenvalue weighted by Crippen LogP contribution is 2.27. The van der Waals surface area contributed by atoms with E-state index in [4.69, 9.17) is 0 Å². The molecule has 0 bridgehead atoms. The van der Waals surface area contributed by atoms with Crippen LogP contribution in [-0.2, 0) is 0 Å². The third-order valence-electron chi connectivity index (χ3n) is 3.49. The van der Waals surface area contributed by atoms with Crippen LogP contribution < -0.4 is 10.2 Å². The van der Waals surface area contributed by atoms with Crippen LogP contribution in [0.5, 0.6) is 0 Å². The molecule has 2 heterocycles. The molecule has 0 aliphatic heterocycles. The van der Waals surface area contributed by atoms with Crippen LogP contribution in [0.3, 0.4) is 0 Å². The first-order valence-corrected chi connectivity index (χ1v) is 8.74. The van der Waals surface area contributed by atoms with Gasteiger partial charge in [-0.15, -0.1) is 16.4 Å². The van der Waals surface area contributed by atoms with Gasteiger partial charge >= 0.3 is 0 Å². The van der Waals surface area contributed by atoms with Crippen LogP contribution in [0.25, 0.3) is 9.53 Å². The number of anilines is 2. The van der Waals surface area contributed by atoms with E-state index >= 15 is 0 Å². The number of hydrogen-bond acceptors (Lipinski definition) is 6. The van der Waals surface area contributed by atoms with E-state index in [0.29, 0.717) is 5.56 Å². The van der Waals surface area contributed by atoms with E-state index < -0.39 is 0 Å². The largest absolute Gasteiger partial charge is 0.372 e. The van der Waals surface area contributed by atoms with Gasteiger partial charge in [-0.1, -0.05) is 4.49 Å². The van der Waals surface area contributed by atoms with Gasteiger partial charge < -0.3 is 10.2 Å². The predicted octanol–water partition coefficient (Wildman–Crippen LogP) is 3.85. The number of nitrogens with one attached hydrogen (secondary N) is 1. The van der Waals surface area contributed by atoms with E-state index in [-0.39, 0.29) is 5.91 Å². The van der Waals surface area contributed by atoms with Gasteiger partial charge in [-0.2, -0.15) is 0 Å². The number of thiophene rings is 1. The number of hydrogen-bond donors (Lipinski definition) is 1. The number of carbonyl (C=O) groups is 1. The summed E-state index contributed by atoms with van der Waals surface area (Å²) >= 11 is 2.69. The molecule has 0 atom stereocenters. The highest BCUT2D eigenvalue weighted by atomic mass is 32.1. The zero-order valence-corrected chi connectivity index (χ0v) is 14.0. The van der Waals surface area contributed by atoms with Crippen molar-refractivity contribution in [1.29, 1.82) is 0 Å². The van der Waals surface area contributed by atoms with Crippen LogP contribution in [0.15, 0.2) is 29.6 Å². The lowest BCUT2D eigenvalue weighted by Crippen LogP contribution is -2.21. The average Bonchev–Trinajstić information content (AvgIpc) is 3.13. The molecule has 0 radical (unpaired) electrons. The zero-order valence-electron chi connectivity index (χ0n) is 12.4. The van der Waals surface area contributed by atoms with Crippen molar-refractivity contribution < 1.29 is 4.79 Å². The Morgan fingerprint density at radius 3 is 2.64 bits per heavy atom. The molecule has 0 aliphatic carbocycles. The van der Waals surface area contributed by atoms with E-state index in [1.165, 1.54) is 22.9 Å². The molecule has 0 unspecified atom stereocenters. The Hall–Kier alpha value is -1.99. The summed E-state index contributed by atoms with van der Waals surface area (Å²) in [7, 11) is 0. The number of aromatic nitrogens is 2. The topological polar surface area (TPSA) is 58.1 Å². The van der Waals surface area contributed by atoms with E-state index in [0.717, 1.165) is 34.0 Å². The normalized spacial score (nSPS) is 10.8. The van der Waals surface area contributed by atoms with Crippen molar-refractivity contribution in [2.24, 2.45) is 0 Å². The first kappa shape index (κ1) is 14.9. The fraction of sp³-hybridized carbons (Fsp3) is 0.267. The molecule has 22 heavy (non-hydrogen) atoms. The standard InChI is InChI=1S/C15H16N4OS2/c1-3-19(4-2)11-7-5-10(6-8-11)16-14(20)12-9-21-15-13(12)22-18-17-15/h5-9H,3-4H2,1-2H3,(H,16,20). The number of amides is 1. The van der Waals surface area contributed by atoms with Crippen LogP contribution in [-0.4, -0.2) is 28.6 Å². The van der Waals surface area contributed by atoms with Gasteiger partial charge in [0.05, 0.1) is 10.3 Å². The zero-order chi connectivity index (χ0) is 15.5. The molecule has 0 saturated carbocycles. The van der Waals surface area contributed by atoms with Gasteiger partial charge in [-0.05, 0) is 49.6 Å². The molecule has 5 nitrogen and oxygen atoms in total. The maximum absolute atomic E-state index is 12.4. The second-order valence-electron chi connectivity index (χ2n) is 4.73. The molecule has 3 aromatic rings. The van der Waals surface area contributed by atoms with Gasteiger partial charge in [0.25, 0.3) is 5.91 Å². The van der Waals surface area contributed by atoms with Gasteiger partial charge in [0, 0.05) is 29.8 Å². The van der Waals surface area contributed by atoms with Crippen molar-refractivity contribution in [2.45, 2.75) is 13.8 Å². The third-order valence-corrected chi connectivity index (χ3v) is 5.24. The van der Waals surface area contributed by atoms with Gasteiger partial charge in [0.15, 0.2) is 4.83 Å². The summed E-state index contributed by atoms with van der Waals surface area (Å²) < 4.78 is 4.73. The Kier molecular flexibility index (Phi) is 4.35. The molecular weight excluding hydrogens is 316 g/mol. The summed E-state index contributed by atoms with van der Waals surface area (Å²) in [6.45, 7) is 6.19. The number of carbonyl (C=O) groups excluding carboxylic acids is 1. The minimum absolute atomic E-state index is 0.118. The van der Waals surface area contributed by atoms with E-state index in [9.17, 15) is 4.79 Å². The molecule has 0 aliphatic rings. The lowest BCUT2D eigenvalue weighted by atomic mass is 10.2. The molecule has 1 N–H and O–H groups in total. The van der Waals surface area contributed by atoms with Crippen molar-refractivity contribution in [1.82, 2.24) is 9.59 Å². The van der Waals surface area contributed by atoms with Gasteiger partial charge in [-0.25, -0.2) is 0 Å². The lowest BCUT2D eigenvalue weighted by molar-refractivity contribution is 0.102. The highest BCUT2D eigenvalue weighted by molar-refractivity contribution is 7.24. The van der Waals surface area contributed by atoms with Crippen molar-refractivity contribution in [3.05, 3.63) is 35.2 Å². The molecular formula is C15H16N4OS2. The summed E-state index contributed by atoms with van der Waals surface area (Å²) in [5.41, 5.74) is 2.59. The van der Waals surface area contributed by atoms with Gasteiger partial charge in [0.2, 0.25) is 0 Å². The number of fused-ring (bicyclic) bond motifs is 1. The minimum Gasteiger partial charge on any atom is -0.372 e. The van der Waals surface area contributed by atoms with E-state index in [1.54, 1.807) is 0 Å². The van der Waals surface area contributed by atoms with E-state index in [1.807, 2.05) is 29.6 Å². The van der Waals surface area contributed by atoms with Crippen molar-refractivity contribution in [3.63, 3.8) is 0 Å². The summed E-state index contributed by atoms with van der Waals surface area (Å²) in [5.74, 6) is -0.118. The number of rotatable bonds is 5. The van der Waals surface area contributed by atoms with E-state index in [2.05, 4.69) is 33.7 Å². The molecule has 0 fully saturated rings. The van der Waals surface area contributed by atoms with Crippen molar-refractivity contribution >= 4 is 49.7 Å². The average molecular weight is 332 g/mol. The molecule has 7 heteroatoms. The van der Waals surface area contributed by atoms with Crippen LogP contribution >= 0.6 is 22.9 Å². The smallest absolute Gasteiger partial charge is 0.258 e. The van der Waals surface area contributed by atoms with Crippen LogP contribution in [0.1, 0.15) is 24.2 Å². The Balaban J connectivity index is 1.76. The van der Waals surface area contributed by atoms with Crippen LogP contribution in [0, 0.1) is 0 Å². The van der Waals surface area contributed by atoms with Crippen LogP contribution in [0.4, 0.5) is 11.4 Å². The fourth-order valence-corrected chi connectivity index (χ4v) is 4.01. The molecule has 1 amide bonds. The second-order valence-corrected chi connectivity index (χ2v) is 6.34. The Labute approximate surface area is 136 Å². The fourth-order valence-electron chi connectivity index (χ4n) is 2.29. The molecule has 0 spiro atoms. The summed E-state index contributed by atoms with van der Waals surface area (Å²) in [6, 6.07) is 7.92. The molecule has 3 rings (SSSR count). The first-order valence-electron chi connectivity index (χ1n) is 7.08. The Morgan fingerprint density at radius 1 is 1.23 bits per heavy atom. The predicted molar refractivity (Wildman–Crippen MR) is 93.2 cm³/mol. The Bertz CT molecular complexity index is 774. The molecule has 114 valence electrons. The monoisotopic (exact) mass is 332 g/mol. The van der Waals surface area contributed by atoms with Gasteiger partial charge in [0.1, 0.15) is 0 Å². The van der Waals surface area contributed by atoms with Crippen LogP contribution in [0.2, 0.25) is 0 Å². The maximum Gasteiger partial charge on any atom is 0.258 e. The lowest BCUT2D eigenvalue weighted by Gasteiger charge is -2.21. The van der Waals surface area contributed by atoms with Crippen molar-refractivity contribution in [2.75, 3.05) is 23.3 Å². The molecule has 0 saturated heterocycles. The molecule has 1 aromatic carbocycles. The summed E-state index contributed by atoms with van der Waals surface area (Å²) in [4.78, 5) is 15.4. The summed E-state index contributed by atoms with van der Waals surface area (Å²) in [5, 5.41) is 8.74.